The number of nitrogens with one attached hydrogen (secondary N) is 2. The van der Waals surface area contributed by atoms with Gasteiger partial charge in [-0.15, -0.1) is 0 Å². The van der Waals surface area contributed by atoms with Crippen molar-refractivity contribution in [3.8, 4) is 11.1 Å². The highest BCUT2D eigenvalue weighted by molar-refractivity contribution is 7.91. The minimum Gasteiger partial charge on any atom is -0.481 e. The van der Waals surface area contributed by atoms with E-state index in [2.05, 4.69) is 15.3 Å². The van der Waals surface area contributed by atoms with Crippen LogP contribution in [0.1, 0.15) is 17.2 Å². The van der Waals surface area contributed by atoms with Gasteiger partial charge in [-0.3, -0.25) is 4.79 Å². The Labute approximate surface area is 185 Å². The van der Waals surface area contributed by atoms with E-state index in [9.17, 15) is 18.3 Å². The Balaban J connectivity index is 1.69. The maximum atomic E-state index is 13.4. The SMILES string of the molecule is O=C(O)CC(c1ccccc1)S(=O)(=O)c1cccc(-c2cccc(Nc3ncc[nH]3)c2)c1. The summed E-state index contributed by atoms with van der Waals surface area (Å²) in [7, 11) is -3.94. The maximum Gasteiger partial charge on any atom is 0.305 e. The molecule has 7 nitrogen and oxygen atoms in total. The van der Waals surface area contributed by atoms with Gasteiger partial charge in [-0.25, -0.2) is 13.4 Å². The molecule has 0 aliphatic carbocycles. The fourth-order valence-corrected chi connectivity index (χ4v) is 5.26. The van der Waals surface area contributed by atoms with E-state index in [1.807, 2.05) is 30.3 Å². The number of imidazole rings is 1. The van der Waals surface area contributed by atoms with E-state index in [-0.39, 0.29) is 4.90 Å². The summed E-state index contributed by atoms with van der Waals surface area (Å²) in [5.41, 5.74) is 2.76. The third-order valence-electron chi connectivity index (χ3n) is 5.03. The molecule has 3 N–H and O–H groups in total. The first-order chi connectivity index (χ1) is 15.4. The van der Waals surface area contributed by atoms with Gasteiger partial charge in [0.1, 0.15) is 5.25 Å². The van der Waals surface area contributed by atoms with Gasteiger partial charge in [-0.05, 0) is 41.0 Å². The van der Waals surface area contributed by atoms with Crippen molar-refractivity contribution in [3.05, 3.63) is 96.8 Å². The van der Waals surface area contributed by atoms with Crippen LogP contribution in [0.25, 0.3) is 11.1 Å². The highest BCUT2D eigenvalue weighted by atomic mass is 32.2. The molecule has 8 heteroatoms. The van der Waals surface area contributed by atoms with Crippen LogP contribution in [0.3, 0.4) is 0 Å². The summed E-state index contributed by atoms with van der Waals surface area (Å²) in [6.45, 7) is 0. The molecule has 0 bridgehead atoms. The molecular formula is C24H21N3O4S. The van der Waals surface area contributed by atoms with E-state index in [0.29, 0.717) is 17.1 Å². The average molecular weight is 448 g/mol. The monoisotopic (exact) mass is 447 g/mol. The van der Waals surface area contributed by atoms with Crippen LogP contribution in [0.5, 0.6) is 0 Å². The van der Waals surface area contributed by atoms with Gasteiger partial charge < -0.3 is 15.4 Å². The van der Waals surface area contributed by atoms with Gasteiger partial charge in [0.15, 0.2) is 9.84 Å². The normalized spacial score (nSPS) is 12.2. The molecule has 1 aromatic heterocycles. The molecule has 4 rings (SSSR count). The molecule has 0 saturated heterocycles. The lowest BCUT2D eigenvalue weighted by atomic mass is 10.1. The van der Waals surface area contributed by atoms with Crippen LogP contribution < -0.4 is 5.32 Å². The summed E-state index contributed by atoms with van der Waals surface area (Å²) >= 11 is 0. The molecule has 0 spiro atoms. The van der Waals surface area contributed by atoms with E-state index in [1.54, 1.807) is 54.9 Å². The first-order valence-corrected chi connectivity index (χ1v) is 11.5. The Morgan fingerprint density at radius 2 is 1.69 bits per heavy atom. The number of H-pyrrole nitrogens is 1. The zero-order valence-electron chi connectivity index (χ0n) is 17.0. The van der Waals surface area contributed by atoms with Crippen LogP contribution in [0, 0.1) is 0 Å². The van der Waals surface area contributed by atoms with E-state index in [4.69, 9.17) is 0 Å². The topological polar surface area (TPSA) is 112 Å². The number of nitrogens with zero attached hydrogens (tertiary/aromatic N) is 1. The third kappa shape index (κ3) is 4.70. The molecular weight excluding hydrogens is 426 g/mol. The molecule has 4 aromatic rings. The quantitative estimate of drug-likeness (QED) is 0.357. The largest absolute Gasteiger partial charge is 0.481 e. The molecule has 162 valence electrons. The Morgan fingerprint density at radius 1 is 0.969 bits per heavy atom. The van der Waals surface area contributed by atoms with Crippen molar-refractivity contribution in [1.29, 1.82) is 0 Å². The number of anilines is 2. The first-order valence-electron chi connectivity index (χ1n) is 9.91. The molecule has 32 heavy (non-hydrogen) atoms. The lowest BCUT2D eigenvalue weighted by Gasteiger charge is -2.17. The summed E-state index contributed by atoms with van der Waals surface area (Å²) in [4.78, 5) is 18.6. The second kappa shape index (κ2) is 9.07. The van der Waals surface area contributed by atoms with Gasteiger partial charge in [0.2, 0.25) is 5.95 Å². The fraction of sp³-hybridized carbons (Fsp3) is 0.0833. The molecule has 0 aliphatic heterocycles. The lowest BCUT2D eigenvalue weighted by Crippen LogP contribution is -2.17. The number of aromatic amines is 1. The van der Waals surface area contributed by atoms with E-state index in [1.165, 1.54) is 6.07 Å². The summed E-state index contributed by atoms with van der Waals surface area (Å²) in [5, 5.41) is 11.3. The van der Waals surface area contributed by atoms with Crippen molar-refractivity contribution < 1.29 is 18.3 Å². The molecule has 1 unspecified atom stereocenters. The van der Waals surface area contributed by atoms with Gasteiger partial charge >= 0.3 is 5.97 Å². The summed E-state index contributed by atoms with van der Waals surface area (Å²) in [6, 6.07) is 22.5. The lowest BCUT2D eigenvalue weighted by molar-refractivity contribution is -0.137. The zero-order chi connectivity index (χ0) is 22.6. The van der Waals surface area contributed by atoms with Crippen molar-refractivity contribution in [3.63, 3.8) is 0 Å². The number of carboxylic acid groups (broad SMARTS) is 1. The number of carboxylic acids is 1. The number of hydrogen-bond donors (Lipinski definition) is 3. The second-order valence-corrected chi connectivity index (χ2v) is 9.34. The van der Waals surface area contributed by atoms with Crippen LogP contribution in [0.4, 0.5) is 11.6 Å². The number of benzene rings is 3. The average Bonchev–Trinajstić information content (AvgIpc) is 3.31. The fourth-order valence-electron chi connectivity index (χ4n) is 3.50. The molecule has 3 aromatic carbocycles. The third-order valence-corrected chi connectivity index (χ3v) is 7.12. The summed E-state index contributed by atoms with van der Waals surface area (Å²) in [5.74, 6) is -0.576. The standard InChI is InChI=1S/C24H21N3O4S/c28-23(29)16-22(17-6-2-1-3-7-17)32(30,31)21-11-5-9-19(15-21)18-8-4-10-20(14-18)27-24-25-12-13-26-24/h1-15,22H,16H2,(H,28,29)(H2,25,26,27). The Hall–Kier alpha value is -3.91. The number of carbonyl (C=O) groups is 1. The molecule has 0 saturated carbocycles. The van der Waals surface area contributed by atoms with E-state index < -0.39 is 27.5 Å². The van der Waals surface area contributed by atoms with Crippen LogP contribution in [-0.2, 0) is 14.6 Å². The summed E-state index contributed by atoms with van der Waals surface area (Å²) in [6.07, 6.45) is 2.83. The predicted molar refractivity (Wildman–Crippen MR) is 122 cm³/mol. The van der Waals surface area contributed by atoms with Crippen LogP contribution in [0.2, 0.25) is 0 Å². The Morgan fingerprint density at radius 3 is 2.38 bits per heavy atom. The smallest absolute Gasteiger partial charge is 0.305 e. The highest BCUT2D eigenvalue weighted by Crippen LogP contribution is 2.34. The van der Waals surface area contributed by atoms with E-state index >= 15 is 0 Å². The Bertz CT molecular complexity index is 1320. The molecule has 1 atom stereocenters. The van der Waals surface area contributed by atoms with Crippen molar-refractivity contribution in [2.75, 3.05) is 5.32 Å². The molecule has 1 heterocycles. The zero-order valence-corrected chi connectivity index (χ0v) is 17.8. The van der Waals surface area contributed by atoms with Crippen molar-refractivity contribution in [2.45, 2.75) is 16.6 Å². The van der Waals surface area contributed by atoms with Crippen LogP contribution >= 0.6 is 0 Å². The van der Waals surface area contributed by atoms with Gasteiger partial charge in [0, 0.05) is 18.1 Å². The first kappa shape index (κ1) is 21.3. The molecule has 0 radical (unpaired) electrons. The maximum absolute atomic E-state index is 13.4. The van der Waals surface area contributed by atoms with Gasteiger partial charge in [0.05, 0.1) is 11.3 Å². The van der Waals surface area contributed by atoms with Gasteiger partial charge in [-0.1, -0.05) is 54.6 Å². The van der Waals surface area contributed by atoms with Crippen molar-refractivity contribution in [2.24, 2.45) is 0 Å². The highest BCUT2D eigenvalue weighted by Gasteiger charge is 2.31. The number of sulfone groups is 1. The van der Waals surface area contributed by atoms with E-state index in [0.717, 1.165) is 11.3 Å². The second-order valence-electron chi connectivity index (χ2n) is 7.21. The Kier molecular flexibility index (Phi) is 6.04. The van der Waals surface area contributed by atoms with Gasteiger partial charge in [-0.2, -0.15) is 0 Å². The minimum atomic E-state index is -3.94. The minimum absolute atomic E-state index is 0.0782. The van der Waals surface area contributed by atoms with Crippen molar-refractivity contribution in [1.82, 2.24) is 9.97 Å². The number of hydrogen-bond acceptors (Lipinski definition) is 5. The van der Waals surface area contributed by atoms with Crippen LogP contribution in [0.15, 0.2) is 96.2 Å². The number of aliphatic carboxylic acids is 1. The number of aromatic nitrogens is 2. The molecule has 0 fully saturated rings. The van der Waals surface area contributed by atoms with Gasteiger partial charge in [0.25, 0.3) is 0 Å². The number of rotatable bonds is 8. The van der Waals surface area contributed by atoms with Crippen molar-refractivity contribution >= 4 is 27.4 Å². The predicted octanol–water partition coefficient (Wildman–Crippen LogP) is 4.81. The molecule has 0 amide bonds. The molecule has 0 aliphatic rings. The van der Waals surface area contributed by atoms with Crippen LogP contribution in [-0.4, -0.2) is 29.5 Å². The summed E-state index contributed by atoms with van der Waals surface area (Å²) < 4.78 is 26.9.